The molecule has 2 aromatic rings. The Labute approximate surface area is 177 Å². The Bertz CT molecular complexity index is 825. The fourth-order valence-electron chi connectivity index (χ4n) is 3.61. The molecule has 0 atom stereocenters. The van der Waals surface area contributed by atoms with Crippen molar-refractivity contribution in [3.63, 3.8) is 0 Å². The number of Topliss-reactive ketones (excluding diaryl/α,β-unsaturated/α-hetero) is 1. The number of amides is 2. The van der Waals surface area contributed by atoms with Gasteiger partial charge in [0.25, 0.3) is 0 Å². The SMILES string of the molecule is Cc1ccc(NC(=O)NC2CCC(Oc3ccc(C(=O)CCCO)cc3)CC2)cc1. The molecule has 1 aliphatic carbocycles. The number of rotatable bonds is 8. The Balaban J connectivity index is 1.40. The first-order valence-electron chi connectivity index (χ1n) is 10.6. The number of nitrogens with one attached hydrogen (secondary N) is 2. The standard InChI is InChI=1S/C24H30N2O4/c1-17-4-8-19(9-5-17)25-24(29)26-20-10-14-22(15-11-20)30-21-12-6-18(7-13-21)23(28)3-2-16-27/h4-9,12-13,20,22,27H,2-3,10-11,14-16H2,1H3,(H2,25,26,29). The molecular weight excluding hydrogens is 380 g/mol. The highest BCUT2D eigenvalue weighted by Crippen LogP contribution is 2.24. The number of ketones is 1. The summed E-state index contributed by atoms with van der Waals surface area (Å²) in [5, 5.41) is 14.7. The maximum Gasteiger partial charge on any atom is 0.319 e. The summed E-state index contributed by atoms with van der Waals surface area (Å²) in [5.74, 6) is 0.785. The van der Waals surface area contributed by atoms with Crippen LogP contribution in [0.3, 0.4) is 0 Å². The number of anilines is 1. The molecule has 0 spiro atoms. The molecule has 0 aromatic heterocycles. The summed E-state index contributed by atoms with van der Waals surface area (Å²) < 4.78 is 6.05. The predicted octanol–water partition coefficient (Wildman–Crippen LogP) is 4.46. The van der Waals surface area contributed by atoms with Crippen LogP contribution in [-0.2, 0) is 0 Å². The van der Waals surface area contributed by atoms with E-state index in [1.165, 1.54) is 0 Å². The van der Waals surface area contributed by atoms with Gasteiger partial charge in [-0.25, -0.2) is 4.79 Å². The van der Waals surface area contributed by atoms with Gasteiger partial charge in [0.1, 0.15) is 5.75 Å². The zero-order valence-corrected chi connectivity index (χ0v) is 17.4. The summed E-state index contributed by atoms with van der Waals surface area (Å²) >= 11 is 0. The third kappa shape index (κ3) is 6.59. The molecule has 0 radical (unpaired) electrons. The van der Waals surface area contributed by atoms with E-state index in [0.29, 0.717) is 18.4 Å². The Morgan fingerprint density at radius 1 is 1.00 bits per heavy atom. The largest absolute Gasteiger partial charge is 0.490 e. The Morgan fingerprint density at radius 3 is 2.30 bits per heavy atom. The van der Waals surface area contributed by atoms with E-state index in [4.69, 9.17) is 9.84 Å². The molecule has 1 fully saturated rings. The van der Waals surface area contributed by atoms with Crippen LogP contribution in [0.1, 0.15) is 54.4 Å². The molecular formula is C24H30N2O4. The number of hydrogen-bond acceptors (Lipinski definition) is 4. The molecule has 0 aliphatic heterocycles. The van der Waals surface area contributed by atoms with Gasteiger partial charge in [0.15, 0.2) is 5.78 Å². The van der Waals surface area contributed by atoms with E-state index >= 15 is 0 Å². The number of carbonyl (C=O) groups excluding carboxylic acids is 2. The molecule has 1 aliphatic rings. The fourth-order valence-corrected chi connectivity index (χ4v) is 3.61. The molecule has 160 valence electrons. The van der Waals surface area contributed by atoms with Crippen LogP contribution < -0.4 is 15.4 Å². The molecule has 30 heavy (non-hydrogen) atoms. The van der Waals surface area contributed by atoms with Crippen LogP contribution in [-0.4, -0.2) is 35.7 Å². The van der Waals surface area contributed by atoms with Crippen molar-refractivity contribution in [2.24, 2.45) is 0 Å². The van der Waals surface area contributed by atoms with Crippen molar-refractivity contribution in [3.8, 4) is 5.75 Å². The van der Waals surface area contributed by atoms with Crippen molar-refractivity contribution in [2.75, 3.05) is 11.9 Å². The van der Waals surface area contributed by atoms with E-state index in [-0.39, 0.29) is 30.6 Å². The van der Waals surface area contributed by atoms with Crippen molar-refractivity contribution in [1.82, 2.24) is 5.32 Å². The molecule has 3 rings (SSSR count). The second-order valence-electron chi connectivity index (χ2n) is 7.83. The minimum atomic E-state index is -0.176. The van der Waals surface area contributed by atoms with Gasteiger partial charge in [0.05, 0.1) is 6.10 Å². The van der Waals surface area contributed by atoms with Gasteiger partial charge < -0.3 is 20.5 Å². The normalized spacial score (nSPS) is 18.5. The monoisotopic (exact) mass is 410 g/mol. The van der Waals surface area contributed by atoms with Crippen molar-refractivity contribution in [1.29, 1.82) is 0 Å². The molecule has 6 nitrogen and oxygen atoms in total. The minimum absolute atomic E-state index is 0.0259. The molecule has 1 saturated carbocycles. The smallest absolute Gasteiger partial charge is 0.319 e. The van der Waals surface area contributed by atoms with E-state index in [1.54, 1.807) is 12.1 Å². The van der Waals surface area contributed by atoms with Gasteiger partial charge in [-0.15, -0.1) is 0 Å². The molecule has 6 heteroatoms. The van der Waals surface area contributed by atoms with Gasteiger partial charge in [0.2, 0.25) is 0 Å². The van der Waals surface area contributed by atoms with Gasteiger partial charge in [0, 0.05) is 30.3 Å². The van der Waals surface area contributed by atoms with E-state index in [1.807, 2.05) is 43.3 Å². The number of hydrogen-bond donors (Lipinski definition) is 3. The second-order valence-corrected chi connectivity index (χ2v) is 7.83. The van der Waals surface area contributed by atoms with Crippen molar-refractivity contribution in [2.45, 2.75) is 57.6 Å². The summed E-state index contributed by atoms with van der Waals surface area (Å²) in [7, 11) is 0. The van der Waals surface area contributed by atoms with E-state index < -0.39 is 0 Å². The molecule has 0 unspecified atom stereocenters. The maximum absolute atomic E-state index is 12.2. The Morgan fingerprint density at radius 2 is 1.67 bits per heavy atom. The number of urea groups is 1. The van der Waals surface area contributed by atoms with Crippen LogP contribution in [0.2, 0.25) is 0 Å². The van der Waals surface area contributed by atoms with Crippen molar-refractivity contribution < 1.29 is 19.4 Å². The lowest BCUT2D eigenvalue weighted by atomic mass is 9.93. The average Bonchev–Trinajstić information content (AvgIpc) is 2.75. The molecule has 2 aromatic carbocycles. The van der Waals surface area contributed by atoms with Gasteiger partial charge in [-0.2, -0.15) is 0 Å². The van der Waals surface area contributed by atoms with Crippen LogP contribution >= 0.6 is 0 Å². The lowest BCUT2D eigenvalue weighted by Gasteiger charge is -2.29. The molecule has 0 bridgehead atoms. The number of benzene rings is 2. The van der Waals surface area contributed by atoms with Gasteiger partial charge in [-0.1, -0.05) is 17.7 Å². The highest BCUT2D eigenvalue weighted by atomic mass is 16.5. The molecule has 2 amide bonds. The maximum atomic E-state index is 12.2. The third-order valence-electron chi connectivity index (χ3n) is 5.36. The van der Waals surface area contributed by atoms with Crippen molar-refractivity contribution >= 4 is 17.5 Å². The van der Waals surface area contributed by atoms with Gasteiger partial charge in [-0.3, -0.25) is 4.79 Å². The summed E-state index contributed by atoms with van der Waals surface area (Å²) in [6.45, 7) is 2.04. The topological polar surface area (TPSA) is 87.7 Å². The van der Waals surface area contributed by atoms with E-state index in [9.17, 15) is 9.59 Å². The fraction of sp³-hybridized carbons (Fsp3) is 0.417. The summed E-state index contributed by atoms with van der Waals surface area (Å²) in [4.78, 5) is 24.2. The van der Waals surface area contributed by atoms with Crippen LogP contribution in [0.5, 0.6) is 5.75 Å². The second kappa shape index (κ2) is 10.8. The number of carbonyl (C=O) groups is 2. The number of aliphatic hydroxyl groups is 1. The summed E-state index contributed by atoms with van der Waals surface area (Å²) in [5.41, 5.74) is 2.58. The van der Waals surface area contributed by atoms with Gasteiger partial charge >= 0.3 is 6.03 Å². The highest BCUT2D eigenvalue weighted by molar-refractivity contribution is 5.96. The third-order valence-corrected chi connectivity index (χ3v) is 5.36. The number of aryl methyl sites for hydroxylation is 1. The molecule has 0 heterocycles. The first-order valence-corrected chi connectivity index (χ1v) is 10.6. The zero-order chi connectivity index (χ0) is 21.3. The molecule has 3 N–H and O–H groups in total. The molecule has 0 saturated heterocycles. The summed E-state index contributed by atoms with van der Waals surface area (Å²) in [6.07, 6.45) is 4.41. The highest BCUT2D eigenvalue weighted by Gasteiger charge is 2.23. The first kappa shape index (κ1) is 21.8. The lowest BCUT2D eigenvalue weighted by molar-refractivity contribution is 0.0971. The predicted molar refractivity (Wildman–Crippen MR) is 117 cm³/mol. The Kier molecular flexibility index (Phi) is 7.85. The average molecular weight is 411 g/mol. The van der Waals surface area contributed by atoms with Crippen LogP contribution in [0.25, 0.3) is 0 Å². The zero-order valence-electron chi connectivity index (χ0n) is 17.4. The summed E-state index contributed by atoms with van der Waals surface area (Å²) in [6, 6.07) is 14.9. The number of ether oxygens (including phenoxy) is 1. The number of aliphatic hydroxyl groups excluding tert-OH is 1. The lowest BCUT2D eigenvalue weighted by Crippen LogP contribution is -2.41. The van der Waals surface area contributed by atoms with Gasteiger partial charge in [-0.05, 0) is 75.4 Å². The quantitative estimate of drug-likeness (QED) is 0.561. The van der Waals surface area contributed by atoms with Crippen molar-refractivity contribution in [3.05, 3.63) is 59.7 Å². The Hall–Kier alpha value is -2.86. The minimum Gasteiger partial charge on any atom is -0.490 e. The van der Waals surface area contributed by atoms with E-state index in [2.05, 4.69) is 10.6 Å². The van der Waals surface area contributed by atoms with Crippen LogP contribution in [0.15, 0.2) is 48.5 Å². The first-order chi connectivity index (χ1) is 14.5. The van der Waals surface area contributed by atoms with E-state index in [0.717, 1.165) is 42.7 Å². The van der Waals surface area contributed by atoms with Crippen LogP contribution in [0.4, 0.5) is 10.5 Å². The van der Waals surface area contributed by atoms with Crippen LogP contribution in [0, 0.1) is 6.92 Å².